The van der Waals surface area contributed by atoms with Crippen LogP contribution >= 0.6 is 0 Å². The summed E-state index contributed by atoms with van der Waals surface area (Å²) in [7, 11) is 0. The quantitative estimate of drug-likeness (QED) is 0.154. The molecule has 0 aliphatic heterocycles. The predicted molar refractivity (Wildman–Crippen MR) is 248 cm³/mol. The van der Waals surface area contributed by atoms with Crippen molar-refractivity contribution in [1.29, 1.82) is 0 Å². The number of fused-ring (bicyclic) bond motifs is 3. The van der Waals surface area contributed by atoms with E-state index in [1.165, 1.54) is 21.8 Å². The van der Waals surface area contributed by atoms with Crippen LogP contribution in [0.2, 0.25) is 0 Å². The second kappa shape index (κ2) is 15.4. The Hall–Kier alpha value is -8.35. The van der Waals surface area contributed by atoms with E-state index in [0.717, 1.165) is 61.6 Å². The Morgan fingerprint density at radius 3 is 1.16 bits per heavy atom. The van der Waals surface area contributed by atoms with Crippen molar-refractivity contribution in [1.82, 2.24) is 29.5 Å². The van der Waals surface area contributed by atoms with E-state index in [-0.39, 0.29) is 0 Å². The maximum absolute atomic E-state index is 5.07. The highest BCUT2D eigenvalue weighted by Crippen LogP contribution is 2.34. The van der Waals surface area contributed by atoms with Gasteiger partial charge in [0, 0.05) is 49.8 Å². The van der Waals surface area contributed by atoms with Gasteiger partial charge in [-0.2, -0.15) is 0 Å². The summed E-state index contributed by atoms with van der Waals surface area (Å²) in [4.78, 5) is 25.1. The molecule has 0 aliphatic rings. The van der Waals surface area contributed by atoms with Gasteiger partial charge >= 0.3 is 0 Å². The Kier molecular flexibility index (Phi) is 9.06. The lowest BCUT2D eigenvalue weighted by molar-refractivity contribution is 1.07. The third-order valence-corrected chi connectivity index (χ3v) is 11.1. The molecule has 11 aromatic rings. The van der Waals surface area contributed by atoms with Gasteiger partial charge in [-0.05, 0) is 59.7 Å². The Morgan fingerprint density at radius 1 is 0.246 bits per heavy atom. The number of hydrogen-bond acceptors (Lipinski definition) is 5. The van der Waals surface area contributed by atoms with Crippen molar-refractivity contribution in [3.63, 3.8) is 0 Å². The lowest BCUT2D eigenvalue weighted by Crippen LogP contribution is -2.00. The van der Waals surface area contributed by atoms with E-state index in [4.69, 9.17) is 24.9 Å². The number of para-hydroxylation sites is 2. The van der Waals surface area contributed by atoms with E-state index in [2.05, 4.69) is 144 Å². The highest BCUT2D eigenvalue weighted by atomic mass is 15.0. The van der Waals surface area contributed by atoms with Crippen LogP contribution in [-0.4, -0.2) is 29.5 Å². The molecule has 0 radical (unpaired) electrons. The van der Waals surface area contributed by atoms with Crippen LogP contribution in [-0.2, 0) is 0 Å². The zero-order valence-electron chi connectivity index (χ0n) is 33.0. The van der Waals surface area contributed by atoms with E-state index >= 15 is 0 Å². The molecule has 0 aliphatic carbocycles. The molecule has 3 heterocycles. The van der Waals surface area contributed by atoms with Gasteiger partial charge in [0.2, 0.25) is 0 Å². The normalized spacial score (nSPS) is 11.3. The zero-order valence-corrected chi connectivity index (χ0v) is 33.0. The second-order valence-electron chi connectivity index (χ2n) is 14.9. The Balaban J connectivity index is 0.941. The summed E-state index contributed by atoms with van der Waals surface area (Å²) in [6.07, 6.45) is 0. The van der Waals surface area contributed by atoms with Gasteiger partial charge in [-0.3, -0.25) is 0 Å². The zero-order chi connectivity index (χ0) is 40.5. The SMILES string of the molecule is c1ccc(-c2cc(-c3cccc(-c4ccc(-c5nc(-c6ccccc6)nc(-c6ccc(-n7c8ccccc8c8ccccc87)cc6)n5)cc4)c3)nc(-c3ccccc3)n2)cc1. The lowest BCUT2D eigenvalue weighted by atomic mass is 9.99. The van der Waals surface area contributed by atoms with E-state index in [1.807, 2.05) is 78.9 Å². The molecule has 6 heteroatoms. The molecule has 8 aromatic carbocycles. The summed E-state index contributed by atoms with van der Waals surface area (Å²) >= 11 is 0. The summed E-state index contributed by atoms with van der Waals surface area (Å²) in [6, 6.07) is 75.1. The molecule has 0 unspecified atom stereocenters. The topological polar surface area (TPSA) is 69.4 Å². The van der Waals surface area contributed by atoms with E-state index in [9.17, 15) is 0 Å². The number of aromatic nitrogens is 6. The molecule has 286 valence electrons. The van der Waals surface area contributed by atoms with Gasteiger partial charge in [0.25, 0.3) is 0 Å². The molecule has 0 fully saturated rings. The summed E-state index contributed by atoms with van der Waals surface area (Å²) < 4.78 is 2.32. The third-order valence-electron chi connectivity index (χ3n) is 11.1. The van der Waals surface area contributed by atoms with Crippen LogP contribution in [0.1, 0.15) is 0 Å². The Labute approximate surface area is 353 Å². The fraction of sp³-hybridized carbons (Fsp3) is 0. The molecule has 11 rings (SSSR count). The van der Waals surface area contributed by atoms with Crippen LogP contribution in [0.3, 0.4) is 0 Å². The molecule has 0 bridgehead atoms. The highest BCUT2D eigenvalue weighted by Gasteiger charge is 2.16. The third kappa shape index (κ3) is 6.92. The highest BCUT2D eigenvalue weighted by molar-refractivity contribution is 6.09. The molecule has 0 saturated heterocycles. The van der Waals surface area contributed by atoms with Crippen molar-refractivity contribution in [3.05, 3.63) is 218 Å². The smallest absolute Gasteiger partial charge is 0.164 e. The monoisotopic (exact) mass is 780 g/mol. The van der Waals surface area contributed by atoms with Crippen LogP contribution in [0.5, 0.6) is 0 Å². The average molecular weight is 781 g/mol. The maximum atomic E-state index is 5.07. The molecule has 61 heavy (non-hydrogen) atoms. The fourth-order valence-electron chi connectivity index (χ4n) is 8.05. The Bertz CT molecular complexity index is 3210. The first-order chi connectivity index (χ1) is 30.2. The summed E-state index contributed by atoms with van der Waals surface area (Å²) in [5, 5.41) is 2.47. The molecule has 0 N–H and O–H groups in total. The van der Waals surface area contributed by atoms with Gasteiger partial charge in [-0.25, -0.2) is 24.9 Å². The molecule has 0 atom stereocenters. The van der Waals surface area contributed by atoms with Gasteiger partial charge in [-0.15, -0.1) is 0 Å². The van der Waals surface area contributed by atoms with E-state index in [0.29, 0.717) is 23.3 Å². The van der Waals surface area contributed by atoms with Gasteiger partial charge in [0.1, 0.15) is 0 Å². The van der Waals surface area contributed by atoms with Crippen LogP contribution in [0.15, 0.2) is 218 Å². The standard InChI is InChI=1S/C55H36N6/c1-4-15-38(16-5-1)48-36-49(57-52(56-48)39-17-6-2-7-18-39)44-22-14-21-43(35-44)37-27-29-41(30-28-37)54-58-53(40-19-8-3-9-20-40)59-55(60-54)42-31-33-45(34-32-42)61-50-25-12-10-23-46(50)47-24-11-13-26-51(47)61/h1-36H. The van der Waals surface area contributed by atoms with Gasteiger partial charge in [0.15, 0.2) is 23.3 Å². The van der Waals surface area contributed by atoms with Crippen molar-refractivity contribution in [2.45, 2.75) is 0 Å². The first kappa shape index (κ1) is 35.8. The van der Waals surface area contributed by atoms with Crippen LogP contribution < -0.4 is 0 Å². The van der Waals surface area contributed by atoms with Crippen molar-refractivity contribution >= 4 is 21.8 Å². The first-order valence-electron chi connectivity index (χ1n) is 20.3. The van der Waals surface area contributed by atoms with Crippen molar-refractivity contribution in [2.24, 2.45) is 0 Å². The van der Waals surface area contributed by atoms with Crippen LogP contribution in [0, 0.1) is 0 Å². The van der Waals surface area contributed by atoms with Gasteiger partial charge < -0.3 is 4.57 Å². The van der Waals surface area contributed by atoms with E-state index < -0.39 is 0 Å². The molecule has 0 spiro atoms. The summed E-state index contributed by atoms with van der Waals surface area (Å²) in [6.45, 7) is 0. The summed E-state index contributed by atoms with van der Waals surface area (Å²) in [5.74, 6) is 2.54. The number of rotatable bonds is 8. The molecule has 0 amide bonds. The number of hydrogen-bond donors (Lipinski definition) is 0. The predicted octanol–water partition coefficient (Wildman–Crippen LogP) is 13.4. The average Bonchev–Trinajstić information content (AvgIpc) is 3.69. The second-order valence-corrected chi connectivity index (χ2v) is 14.9. The summed E-state index contributed by atoms with van der Waals surface area (Å²) in [5.41, 5.74) is 13.1. The molecular formula is C55H36N6. The van der Waals surface area contributed by atoms with Gasteiger partial charge in [0.05, 0.1) is 22.4 Å². The van der Waals surface area contributed by atoms with Crippen molar-refractivity contribution < 1.29 is 0 Å². The molecular weight excluding hydrogens is 745 g/mol. The number of nitrogens with zero attached hydrogens (tertiary/aromatic N) is 6. The number of benzene rings is 8. The Morgan fingerprint density at radius 2 is 0.623 bits per heavy atom. The largest absolute Gasteiger partial charge is 0.309 e. The molecule has 6 nitrogen and oxygen atoms in total. The van der Waals surface area contributed by atoms with Gasteiger partial charge in [-0.1, -0.05) is 170 Å². The van der Waals surface area contributed by atoms with Crippen LogP contribution in [0.4, 0.5) is 0 Å². The molecule has 3 aromatic heterocycles. The lowest BCUT2D eigenvalue weighted by Gasteiger charge is -2.12. The van der Waals surface area contributed by atoms with Crippen molar-refractivity contribution in [3.8, 4) is 84.9 Å². The minimum Gasteiger partial charge on any atom is -0.309 e. The maximum Gasteiger partial charge on any atom is 0.164 e. The minimum atomic E-state index is 0.610. The van der Waals surface area contributed by atoms with Crippen LogP contribution in [0.25, 0.3) is 107 Å². The first-order valence-corrected chi connectivity index (χ1v) is 20.3. The minimum absolute atomic E-state index is 0.610. The van der Waals surface area contributed by atoms with Crippen molar-refractivity contribution in [2.75, 3.05) is 0 Å². The van der Waals surface area contributed by atoms with E-state index in [1.54, 1.807) is 0 Å². The molecule has 0 saturated carbocycles. The fourth-order valence-corrected chi connectivity index (χ4v) is 8.05.